The van der Waals surface area contributed by atoms with Crippen LogP contribution in [0, 0.1) is 0 Å². The smallest absolute Gasteiger partial charge is 0.159 e. The molecule has 0 saturated carbocycles. The van der Waals surface area contributed by atoms with E-state index in [0.29, 0.717) is 0 Å². The molecule has 1 aliphatic heterocycles. The zero-order valence-electron chi connectivity index (χ0n) is 21.0. The highest BCUT2D eigenvalue weighted by molar-refractivity contribution is 6.13. The summed E-state index contributed by atoms with van der Waals surface area (Å²) < 4.78 is 6.01. The molecule has 182 valence electrons. The summed E-state index contributed by atoms with van der Waals surface area (Å²) in [5, 5.41) is 2.27. The molecular weight excluding hydrogens is 466 g/mol. The van der Waals surface area contributed by atoms with Gasteiger partial charge >= 0.3 is 0 Å². The van der Waals surface area contributed by atoms with Gasteiger partial charge in [-0.15, -0.1) is 0 Å². The van der Waals surface area contributed by atoms with E-state index in [0.717, 1.165) is 61.4 Å². The van der Waals surface area contributed by atoms with E-state index >= 15 is 0 Å². The van der Waals surface area contributed by atoms with Crippen LogP contribution in [0.15, 0.2) is 142 Å². The molecule has 1 aliphatic rings. The van der Waals surface area contributed by atoms with Crippen molar-refractivity contribution in [2.24, 2.45) is 9.98 Å². The second-order valence-corrected chi connectivity index (χ2v) is 9.54. The lowest BCUT2D eigenvalue weighted by atomic mass is 10.0. The van der Waals surface area contributed by atoms with Gasteiger partial charge in [0.25, 0.3) is 0 Å². The van der Waals surface area contributed by atoms with Gasteiger partial charge in [0.1, 0.15) is 23.2 Å². The molecule has 4 heteroatoms. The molecule has 0 amide bonds. The van der Waals surface area contributed by atoms with Crippen LogP contribution in [0.5, 0.6) is 0 Å². The molecule has 0 N–H and O–H groups in total. The largest absolute Gasteiger partial charge is 0.456 e. The van der Waals surface area contributed by atoms with Gasteiger partial charge in [0, 0.05) is 28.9 Å². The van der Waals surface area contributed by atoms with E-state index in [9.17, 15) is 0 Å². The fourth-order valence-corrected chi connectivity index (χ4v) is 5.16. The molecule has 0 spiro atoms. The van der Waals surface area contributed by atoms with Gasteiger partial charge in [-0.2, -0.15) is 0 Å². The SMILES string of the molecule is CN1C(c2ccc(-c3ccc4oc5ccccc5c4c3)cc2)=NC(c2ccccc2)=NC1c1ccccc1. The van der Waals surface area contributed by atoms with Crippen LogP contribution in [-0.2, 0) is 0 Å². The molecule has 0 saturated heterocycles. The molecule has 1 aromatic heterocycles. The molecule has 0 radical (unpaired) electrons. The summed E-state index contributed by atoms with van der Waals surface area (Å²) in [6, 6.07) is 43.8. The van der Waals surface area contributed by atoms with Gasteiger partial charge in [-0.05, 0) is 34.9 Å². The number of para-hydroxylation sites is 1. The van der Waals surface area contributed by atoms with Crippen molar-refractivity contribution in [1.29, 1.82) is 0 Å². The third kappa shape index (κ3) is 3.87. The zero-order chi connectivity index (χ0) is 25.5. The molecule has 38 heavy (non-hydrogen) atoms. The Morgan fingerprint density at radius 2 is 1.21 bits per heavy atom. The van der Waals surface area contributed by atoms with Gasteiger partial charge < -0.3 is 9.32 Å². The van der Waals surface area contributed by atoms with Crippen molar-refractivity contribution in [3.63, 3.8) is 0 Å². The fraction of sp³-hybridized carbons (Fsp3) is 0.0588. The van der Waals surface area contributed by atoms with Crippen LogP contribution in [0.4, 0.5) is 0 Å². The van der Waals surface area contributed by atoms with Crippen molar-refractivity contribution < 1.29 is 4.42 Å². The number of hydrogen-bond acceptors (Lipinski definition) is 4. The molecule has 1 unspecified atom stereocenters. The third-order valence-corrected chi connectivity index (χ3v) is 7.14. The first-order valence-electron chi connectivity index (χ1n) is 12.8. The second kappa shape index (κ2) is 9.16. The molecule has 0 bridgehead atoms. The Bertz CT molecular complexity index is 1820. The molecule has 1 atom stereocenters. The van der Waals surface area contributed by atoms with Crippen LogP contribution in [0.2, 0.25) is 0 Å². The van der Waals surface area contributed by atoms with Crippen molar-refractivity contribution in [3.8, 4) is 11.1 Å². The van der Waals surface area contributed by atoms with Crippen molar-refractivity contribution in [2.75, 3.05) is 7.05 Å². The number of amidine groups is 2. The van der Waals surface area contributed by atoms with Crippen molar-refractivity contribution in [3.05, 3.63) is 144 Å². The Kier molecular flexibility index (Phi) is 5.37. The van der Waals surface area contributed by atoms with Crippen molar-refractivity contribution in [2.45, 2.75) is 6.17 Å². The summed E-state index contributed by atoms with van der Waals surface area (Å²) in [6.07, 6.45) is -0.157. The number of nitrogens with zero attached hydrogens (tertiary/aromatic N) is 3. The predicted octanol–water partition coefficient (Wildman–Crippen LogP) is 8.09. The van der Waals surface area contributed by atoms with Gasteiger partial charge in [-0.25, -0.2) is 9.98 Å². The first kappa shape index (κ1) is 22.3. The van der Waals surface area contributed by atoms with Crippen molar-refractivity contribution in [1.82, 2.24) is 4.90 Å². The Labute approximate surface area is 221 Å². The molecule has 4 nitrogen and oxygen atoms in total. The van der Waals surface area contributed by atoms with Gasteiger partial charge in [-0.1, -0.05) is 109 Å². The van der Waals surface area contributed by atoms with E-state index in [-0.39, 0.29) is 6.17 Å². The monoisotopic (exact) mass is 491 g/mol. The number of aliphatic imine (C=N–C) groups is 2. The van der Waals surface area contributed by atoms with E-state index in [4.69, 9.17) is 14.4 Å². The van der Waals surface area contributed by atoms with Crippen molar-refractivity contribution >= 4 is 33.6 Å². The average molecular weight is 492 g/mol. The second-order valence-electron chi connectivity index (χ2n) is 9.54. The van der Waals surface area contributed by atoms with E-state index < -0.39 is 0 Å². The average Bonchev–Trinajstić information content (AvgIpc) is 3.36. The van der Waals surface area contributed by atoms with Gasteiger partial charge in [-0.3, -0.25) is 0 Å². The highest BCUT2D eigenvalue weighted by atomic mass is 16.3. The van der Waals surface area contributed by atoms with E-state index in [1.165, 1.54) is 0 Å². The highest BCUT2D eigenvalue weighted by Crippen LogP contribution is 2.33. The first-order valence-corrected chi connectivity index (χ1v) is 12.8. The molecular formula is C34H25N3O. The van der Waals surface area contributed by atoms with Gasteiger partial charge in [0.2, 0.25) is 0 Å². The summed E-state index contributed by atoms with van der Waals surface area (Å²) in [7, 11) is 2.06. The lowest BCUT2D eigenvalue weighted by molar-refractivity contribution is 0.383. The van der Waals surface area contributed by atoms with Crippen LogP contribution in [0.3, 0.4) is 0 Å². The maximum absolute atomic E-state index is 6.01. The fourth-order valence-electron chi connectivity index (χ4n) is 5.16. The Balaban J connectivity index is 1.27. The minimum atomic E-state index is -0.157. The first-order chi connectivity index (χ1) is 18.7. The molecule has 7 rings (SSSR count). The van der Waals surface area contributed by atoms with E-state index in [2.05, 4.69) is 103 Å². The van der Waals surface area contributed by atoms with Crippen LogP contribution < -0.4 is 0 Å². The molecule has 0 aliphatic carbocycles. The van der Waals surface area contributed by atoms with Gasteiger partial charge in [0.15, 0.2) is 5.84 Å². The minimum absolute atomic E-state index is 0.157. The van der Waals surface area contributed by atoms with Gasteiger partial charge in [0.05, 0.1) is 0 Å². The zero-order valence-corrected chi connectivity index (χ0v) is 21.0. The summed E-state index contributed by atoms with van der Waals surface area (Å²) >= 11 is 0. The topological polar surface area (TPSA) is 41.1 Å². The summed E-state index contributed by atoms with van der Waals surface area (Å²) in [5.74, 6) is 1.64. The minimum Gasteiger partial charge on any atom is -0.456 e. The van der Waals surface area contributed by atoms with Crippen LogP contribution in [-0.4, -0.2) is 23.6 Å². The molecule has 5 aromatic carbocycles. The molecule has 2 heterocycles. The summed E-state index contributed by atoms with van der Waals surface area (Å²) in [4.78, 5) is 12.2. The summed E-state index contributed by atoms with van der Waals surface area (Å²) in [5.41, 5.74) is 7.32. The Morgan fingerprint density at radius 1 is 0.579 bits per heavy atom. The van der Waals surface area contributed by atoms with E-state index in [1.807, 2.05) is 36.4 Å². The number of hydrogen-bond donors (Lipinski definition) is 0. The lowest BCUT2D eigenvalue weighted by Gasteiger charge is -2.32. The molecule has 0 fully saturated rings. The maximum Gasteiger partial charge on any atom is 0.159 e. The van der Waals surface area contributed by atoms with Crippen LogP contribution >= 0.6 is 0 Å². The van der Waals surface area contributed by atoms with E-state index in [1.54, 1.807) is 0 Å². The number of benzene rings is 5. The standard InChI is InChI=1S/C34H25N3O/c1-37-33(25-12-6-3-7-13-25)35-32(24-10-4-2-5-11-24)36-34(37)26-18-16-23(17-19-26)27-20-21-31-29(22-27)28-14-8-9-15-30(28)38-31/h2-22,33H,1H3. The number of fused-ring (bicyclic) bond motifs is 3. The quantitative estimate of drug-likeness (QED) is 0.250. The molecule has 6 aromatic rings. The third-order valence-electron chi connectivity index (χ3n) is 7.14. The van der Waals surface area contributed by atoms with Crippen LogP contribution in [0.25, 0.3) is 33.1 Å². The van der Waals surface area contributed by atoms with Crippen LogP contribution in [0.1, 0.15) is 22.9 Å². The predicted molar refractivity (Wildman–Crippen MR) is 156 cm³/mol. The maximum atomic E-state index is 6.01. The number of rotatable bonds is 4. The Hall–Kier alpha value is -4.96. The lowest BCUT2D eigenvalue weighted by Crippen LogP contribution is -2.35. The number of furan rings is 1. The summed E-state index contributed by atoms with van der Waals surface area (Å²) in [6.45, 7) is 0. The Morgan fingerprint density at radius 3 is 2.00 bits per heavy atom. The normalized spacial score (nSPS) is 15.5. The highest BCUT2D eigenvalue weighted by Gasteiger charge is 2.26.